The number of benzene rings is 1. The highest BCUT2D eigenvalue weighted by Crippen LogP contribution is 2.44. The summed E-state index contributed by atoms with van der Waals surface area (Å²) in [6.07, 6.45) is 0. The van der Waals surface area contributed by atoms with Crippen LogP contribution in [0, 0.1) is 17.0 Å². The molecule has 136 valence electrons. The molecule has 7 nitrogen and oxygen atoms in total. The monoisotopic (exact) mass is 354 g/mol. The molecule has 1 atom stereocenters. The van der Waals surface area contributed by atoms with E-state index in [1.165, 1.54) is 7.11 Å². The van der Waals surface area contributed by atoms with Crippen molar-refractivity contribution in [1.82, 2.24) is 15.0 Å². The van der Waals surface area contributed by atoms with Crippen LogP contribution in [-0.2, 0) is 14.9 Å². The van der Waals surface area contributed by atoms with Crippen LogP contribution in [0.5, 0.6) is 0 Å². The van der Waals surface area contributed by atoms with Crippen LogP contribution in [0.3, 0.4) is 0 Å². The van der Waals surface area contributed by atoms with Crippen LogP contribution in [-0.4, -0.2) is 39.8 Å². The van der Waals surface area contributed by atoms with E-state index in [9.17, 15) is 18.7 Å². The van der Waals surface area contributed by atoms with Crippen molar-refractivity contribution >= 4 is 11.8 Å². The number of nitrogens with two attached hydrogens (primary N) is 1. The summed E-state index contributed by atoms with van der Waals surface area (Å²) in [6, 6.07) is 2.78. The molecule has 0 saturated heterocycles. The lowest BCUT2D eigenvalue weighted by Crippen LogP contribution is -2.51. The van der Waals surface area contributed by atoms with E-state index < -0.39 is 35.0 Å². The van der Waals surface area contributed by atoms with Crippen LogP contribution < -0.4 is 5.73 Å². The largest absolute Gasteiger partial charge is 0.468 e. The SMILES string of the molecule is COC(=O)C(CO)(c1nnn(-c2cc(F)ccc2F)c1N)C(C)(C)C. The normalized spacial score (nSPS) is 14.2. The van der Waals surface area contributed by atoms with Crippen molar-refractivity contribution in [1.29, 1.82) is 0 Å². The van der Waals surface area contributed by atoms with Crippen LogP contribution >= 0.6 is 0 Å². The number of carbonyl (C=O) groups excluding carboxylic acids is 1. The molecular formula is C16H20F2N4O3. The maximum atomic E-state index is 14.0. The highest BCUT2D eigenvalue weighted by atomic mass is 19.1. The second-order valence-corrected chi connectivity index (χ2v) is 6.64. The number of rotatable bonds is 4. The third-order valence-electron chi connectivity index (χ3n) is 4.30. The number of halogens is 2. The second kappa shape index (κ2) is 6.40. The Balaban J connectivity index is 2.73. The van der Waals surface area contributed by atoms with Gasteiger partial charge in [0.1, 0.15) is 28.4 Å². The lowest BCUT2D eigenvalue weighted by Gasteiger charge is -2.39. The summed E-state index contributed by atoms with van der Waals surface area (Å²) in [6.45, 7) is 4.43. The molecule has 25 heavy (non-hydrogen) atoms. The van der Waals surface area contributed by atoms with Gasteiger partial charge in [-0.3, -0.25) is 4.79 Å². The van der Waals surface area contributed by atoms with Crippen molar-refractivity contribution in [3.8, 4) is 5.69 Å². The summed E-state index contributed by atoms with van der Waals surface area (Å²) in [5, 5.41) is 17.6. The van der Waals surface area contributed by atoms with Gasteiger partial charge >= 0.3 is 5.97 Å². The van der Waals surface area contributed by atoms with Gasteiger partial charge in [0.2, 0.25) is 0 Å². The minimum Gasteiger partial charge on any atom is -0.468 e. The second-order valence-electron chi connectivity index (χ2n) is 6.64. The standard InChI is InChI=1S/C16H20F2N4O3/c1-15(2,3)16(8-23,14(24)25-4)12-13(19)22(21-20-12)11-7-9(17)5-6-10(11)18/h5-7,23H,8,19H2,1-4H3. The number of methoxy groups -OCH3 is 1. The summed E-state index contributed by atoms with van der Waals surface area (Å²) in [5.41, 5.74) is 3.21. The van der Waals surface area contributed by atoms with E-state index in [-0.39, 0.29) is 17.2 Å². The van der Waals surface area contributed by atoms with E-state index in [4.69, 9.17) is 10.5 Å². The molecule has 0 spiro atoms. The topological polar surface area (TPSA) is 103 Å². The van der Waals surface area contributed by atoms with Gasteiger partial charge in [-0.2, -0.15) is 4.68 Å². The van der Waals surface area contributed by atoms with Crippen molar-refractivity contribution in [3.63, 3.8) is 0 Å². The molecule has 9 heteroatoms. The maximum absolute atomic E-state index is 14.0. The fourth-order valence-electron chi connectivity index (χ4n) is 2.73. The van der Waals surface area contributed by atoms with Crippen molar-refractivity contribution < 1.29 is 23.4 Å². The Kier molecular flexibility index (Phi) is 4.81. The van der Waals surface area contributed by atoms with E-state index >= 15 is 0 Å². The fourth-order valence-corrected chi connectivity index (χ4v) is 2.73. The molecule has 0 bridgehead atoms. The zero-order valence-electron chi connectivity index (χ0n) is 14.4. The Hall–Kier alpha value is -2.55. The quantitative estimate of drug-likeness (QED) is 0.808. The van der Waals surface area contributed by atoms with Gasteiger partial charge in [-0.05, 0) is 17.5 Å². The predicted molar refractivity (Wildman–Crippen MR) is 85.9 cm³/mol. The van der Waals surface area contributed by atoms with E-state index in [1.807, 2.05) is 0 Å². The molecule has 1 aromatic heterocycles. The number of hydrogen-bond donors (Lipinski definition) is 2. The molecule has 0 aliphatic carbocycles. The Labute approximate surface area is 143 Å². The third-order valence-corrected chi connectivity index (χ3v) is 4.30. The van der Waals surface area contributed by atoms with Gasteiger partial charge in [0.25, 0.3) is 0 Å². The van der Waals surface area contributed by atoms with Gasteiger partial charge in [0.15, 0.2) is 5.82 Å². The molecular weight excluding hydrogens is 334 g/mol. The fraction of sp³-hybridized carbons (Fsp3) is 0.438. The van der Waals surface area contributed by atoms with E-state index in [2.05, 4.69) is 10.3 Å². The van der Waals surface area contributed by atoms with Crippen LogP contribution in [0.4, 0.5) is 14.6 Å². The van der Waals surface area contributed by atoms with Gasteiger partial charge in [-0.1, -0.05) is 26.0 Å². The Bertz CT molecular complexity index is 801. The molecule has 1 aromatic carbocycles. The number of ether oxygens (including phenoxy) is 1. The summed E-state index contributed by atoms with van der Waals surface area (Å²) in [7, 11) is 1.17. The number of aliphatic hydroxyl groups is 1. The van der Waals surface area contributed by atoms with E-state index in [0.29, 0.717) is 0 Å². The van der Waals surface area contributed by atoms with Crippen LogP contribution in [0.25, 0.3) is 5.69 Å². The van der Waals surface area contributed by atoms with Gasteiger partial charge in [-0.15, -0.1) is 5.10 Å². The zero-order chi connectivity index (χ0) is 19.0. The first-order chi connectivity index (χ1) is 11.6. The predicted octanol–water partition coefficient (Wildman–Crippen LogP) is 1.58. The van der Waals surface area contributed by atoms with Crippen molar-refractivity contribution in [2.24, 2.45) is 5.41 Å². The average molecular weight is 354 g/mol. The molecule has 0 radical (unpaired) electrons. The molecule has 2 aromatic rings. The molecule has 0 aliphatic rings. The lowest BCUT2D eigenvalue weighted by atomic mass is 9.65. The molecule has 1 heterocycles. The average Bonchev–Trinajstić information content (AvgIpc) is 2.91. The minimum atomic E-state index is -1.63. The number of aromatic nitrogens is 3. The van der Waals surface area contributed by atoms with Gasteiger partial charge in [0, 0.05) is 6.07 Å². The smallest absolute Gasteiger partial charge is 0.321 e. The van der Waals surface area contributed by atoms with Crippen molar-refractivity contribution in [3.05, 3.63) is 35.5 Å². The first-order valence-corrected chi connectivity index (χ1v) is 7.46. The van der Waals surface area contributed by atoms with E-state index in [1.54, 1.807) is 20.8 Å². The number of carbonyl (C=O) groups is 1. The lowest BCUT2D eigenvalue weighted by molar-refractivity contribution is -0.155. The molecule has 0 fully saturated rings. The Morgan fingerprint density at radius 1 is 1.36 bits per heavy atom. The summed E-state index contributed by atoms with van der Waals surface area (Å²) in [4.78, 5) is 12.5. The number of nitrogens with zero attached hydrogens (tertiary/aromatic N) is 3. The summed E-state index contributed by atoms with van der Waals surface area (Å²) >= 11 is 0. The summed E-state index contributed by atoms with van der Waals surface area (Å²) < 4.78 is 33.2. The number of aliphatic hydroxyl groups excluding tert-OH is 1. The Morgan fingerprint density at radius 2 is 2.00 bits per heavy atom. The van der Waals surface area contributed by atoms with Crippen molar-refractivity contribution in [2.45, 2.75) is 26.2 Å². The zero-order valence-corrected chi connectivity index (χ0v) is 14.4. The molecule has 0 amide bonds. The Morgan fingerprint density at radius 3 is 2.52 bits per heavy atom. The number of anilines is 1. The van der Waals surface area contributed by atoms with Crippen LogP contribution in [0.1, 0.15) is 26.5 Å². The first kappa shape index (κ1) is 18.8. The minimum absolute atomic E-state index is 0.0713. The molecule has 0 aliphatic heterocycles. The van der Waals surface area contributed by atoms with Crippen molar-refractivity contribution in [2.75, 3.05) is 19.5 Å². The molecule has 1 unspecified atom stereocenters. The highest BCUT2D eigenvalue weighted by Gasteiger charge is 2.54. The van der Waals surface area contributed by atoms with E-state index in [0.717, 1.165) is 22.9 Å². The molecule has 2 rings (SSSR count). The molecule has 3 N–H and O–H groups in total. The first-order valence-electron chi connectivity index (χ1n) is 7.46. The van der Waals surface area contributed by atoms with Gasteiger partial charge in [-0.25, -0.2) is 8.78 Å². The van der Waals surface area contributed by atoms with Gasteiger partial charge in [0.05, 0.1) is 13.7 Å². The van der Waals surface area contributed by atoms with Crippen LogP contribution in [0.2, 0.25) is 0 Å². The van der Waals surface area contributed by atoms with Crippen LogP contribution in [0.15, 0.2) is 18.2 Å². The number of nitrogen functional groups attached to an aromatic ring is 1. The summed E-state index contributed by atoms with van der Waals surface area (Å²) in [5.74, 6) is -2.42. The maximum Gasteiger partial charge on any atom is 0.321 e. The number of esters is 1. The molecule has 0 saturated carbocycles. The van der Waals surface area contributed by atoms with Gasteiger partial charge < -0.3 is 15.6 Å². The highest BCUT2D eigenvalue weighted by molar-refractivity contribution is 5.85. The third kappa shape index (κ3) is 2.84. The number of hydrogen-bond acceptors (Lipinski definition) is 6.